The molecule has 0 aliphatic heterocycles. The lowest BCUT2D eigenvalue weighted by atomic mass is 10.1. The van der Waals surface area contributed by atoms with Gasteiger partial charge < -0.3 is 5.73 Å². The number of hydrogen-bond acceptors (Lipinski definition) is 3. The molecule has 2 rings (SSSR count). The van der Waals surface area contributed by atoms with Gasteiger partial charge in [0.25, 0.3) is 0 Å². The van der Waals surface area contributed by atoms with Crippen molar-refractivity contribution >= 4 is 5.82 Å². The number of aromatic nitrogens is 2. The van der Waals surface area contributed by atoms with Gasteiger partial charge in [-0.15, -0.1) is 0 Å². The highest BCUT2D eigenvalue weighted by molar-refractivity contribution is 5.60. The summed E-state index contributed by atoms with van der Waals surface area (Å²) >= 11 is 0. The second-order valence-electron chi connectivity index (χ2n) is 3.70. The molecule has 0 saturated carbocycles. The number of aryl methyl sites for hydroxylation is 2. The van der Waals surface area contributed by atoms with Crippen molar-refractivity contribution in [2.45, 2.75) is 13.8 Å². The molecule has 3 nitrogen and oxygen atoms in total. The standard InChI is InChI=1S/C12H13N3/c1-8-3-9(2)5-10(4-8)11-6-15-12(13)7-14-11/h3-7H,1-2H3,(H2,13,15). The van der Waals surface area contributed by atoms with Crippen LogP contribution in [0.2, 0.25) is 0 Å². The van der Waals surface area contributed by atoms with Crippen LogP contribution in [0.5, 0.6) is 0 Å². The molecular weight excluding hydrogens is 186 g/mol. The van der Waals surface area contributed by atoms with E-state index in [-0.39, 0.29) is 0 Å². The van der Waals surface area contributed by atoms with Crippen LogP contribution in [0.1, 0.15) is 11.1 Å². The molecule has 1 aromatic heterocycles. The van der Waals surface area contributed by atoms with Crippen molar-refractivity contribution in [1.29, 1.82) is 0 Å². The van der Waals surface area contributed by atoms with Gasteiger partial charge in [0, 0.05) is 5.56 Å². The summed E-state index contributed by atoms with van der Waals surface area (Å²) in [7, 11) is 0. The zero-order valence-corrected chi connectivity index (χ0v) is 8.86. The number of benzene rings is 1. The van der Waals surface area contributed by atoms with Crippen LogP contribution >= 0.6 is 0 Å². The maximum Gasteiger partial charge on any atom is 0.141 e. The molecule has 0 bridgehead atoms. The Morgan fingerprint density at radius 3 is 2.13 bits per heavy atom. The summed E-state index contributed by atoms with van der Waals surface area (Å²) in [4.78, 5) is 8.27. The van der Waals surface area contributed by atoms with Gasteiger partial charge in [-0.05, 0) is 26.0 Å². The summed E-state index contributed by atoms with van der Waals surface area (Å²) in [5, 5.41) is 0. The van der Waals surface area contributed by atoms with Crippen molar-refractivity contribution in [2.24, 2.45) is 0 Å². The van der Waals surface area contributed by atoms with Crippen LogP contribution in [0.4, 0.5) is 5.82 Å². The molecule has 0 spiro atoms. The summed E-state index contributed by atoms with van der Waals surface area (Å²) in [6, 6.07) is 6.31. The van der Waals surface area contributed by atoms with E-state index in [0.29, 0.717) is 5.82 Å². The lowest BCUT2D eigenvalue weighted by Gasteiger charge is -2.04. The Kier molecular flexibility index (Phi) is 2.37. The van der Waals surface area contributed by atoms with Gasteiger partial charge in [-0.2, -0.15) is 0 Å². The first-order chi connectivity index (χ1) is 7.15. The highest BCUT2D eigenvalue weighted by atomic mass is 14.9. The Bertz CT molecular complexity index is 454. The van der Waals surface area contributed by atoms with Crippen molar-refractivity contribution in [1.82, 2.24) is 9.97 Å². The van der Waals surface area contributed by atoms with Crippen LogP contribution in [0.25, 0.3) is 11.3 Å². The van der Waals surface area contributed by atoms with E-state index in [1.807, 2.05) is 0 Å². The third-order valence-corrected chi connectivity index (χ3v) is 2.19. The maximum absolute atomic E-state index is 5.49. The van der Waals surface area contributed by atoms with Crippen LogP contribution in [0.3, 0.4) is 0 Å². The Hall–Kier alpha value is -1.90. The zero-order chi connectivity index (χ0) is 10.8. The van der Waals surface area contributed by atoms with Crippen molar-refractivity contribution in [3.8, 4) is 11.3 Å². The van der Waals surface area contributed by atoms with E-state index in [1.165, 1.54) is 11.1 Å². The molecule has 0 amide bonds. The Morgan fingerprint density at radius 1 is 0.933 bits per heavy atom. The molecule has 15 heavy (non-hydrogen) atoms. The first-order valence-corrected chi connectivity index (χ1v) is 4.81. The van der Waals surface area contributed by atoms with Crippen LogP contribution < -0.4 is 5.73 Å². The number of anilines is 1. The topological polar surface area (TPSA) is 51.8 Å². The molecule has 3 heteroatoms. The van der Waals surface area contributed by atoms with Crippen LogP contribution in [0.15, 0.2) is 30.6 Å². The molecule has 1 aromatic carbocycles. The lowest BCUT2D eigenvalue weighted by molar-refractivity contribution is 1.21. The first kappa shape index (κ1) is 9.65. The minimum Gasteiger partial charge on any atom is -0.382 e. The van der Waals surface area contributed by atoms with Crippen molar-refractivity contribution < 1.29 is 0 Å². The van der Waals surface area contributed by atoms with Crippen LogP contribution in [-0.4, -0.2) is 9.97 Å². The molecule has 0 atom stereocenters. The molecular formula is C12H13N3. The molecule has 0 saturated heterocycles. The van der Waals surface area contributed by atoms with E-state index in [2.05, 4.69) is 42.0 Å². The SMILES string of the molecule is Cc1cc(C)cc(-c2cnc(N)cn2)c1. The Morgan fingerprint density at radius 2 is 1.60 bits per heavy atom. The molecule has 0 unspecified atom stereocenters. The minimum absolute atomic E-state index is 0.447. The van der Waals surface area contributed by atoms with Crippen molar-refractivity contribution in [2.75, 3.05) is 5.73 Å². The molecule has 0 fully saturated rings. The fraction of sp³-hybridized carbons (Fsp3) is 0.167. The lowest BCUT2D eigenvalue weighted by Crippen LogP contribution is -1.93. The fourth-order valence-electron chi connectivity index (χ4n) is 1.61. The van der Waals surface area contributed by atoms with Crippen LogP contribution in [0, 0.1) is 13.8 Å². The van der Waals surface area contributed by atoms with Gasteiger partial charge >= 0.3 is 0 Å². The average Bonchev–Trinajstić information content (AvgIpc) is 2.17. The molecule has 0 aliphatic rings. The van der Waals surface area contributed by atoms with Gasteiger partial charge in [0.1, 0.15) is 5.82 Å². The van der Waals surface area contributed by atoms with Crippen molar-refractivity contribution in [3.63, 3.8) is 0 Å². The molecule has 1 heterocycles. The van der Waals surface area contributed by atoms with Gasteiger partial charge in [-0.3, -0.25) is 4.98 Å². The summed E-state index contributed by atoms with van der Waals surface area (Å²) in [5.74, 6) is 0.447. The third-order valence-electron chi connectivity index (χ3n) is 2.19. The first-order valence-electron chi connectivity index (χ1n) is 4.81. The predicted molar refractivity (Wildman–Crippen MR) is 61.4 cm³/mol. The molecule has 0 radical (unpaired) electrons. The Labute approximate surface area is 89.0 Å². The number of hydrogen-bond donors (Lipinski definition) is 1. The van der Waals surface area contributed by atoms with Gasteiger partial charge in [0.05, 0.1) is 18.1 Å². The van der Waals surface area contributed by atoms with Gasteiger partial charge in [-0.1, -0.05) is 17.2 Å². The van der Waals surface area contributed by atoms with E-state index in [9.17, 15) is 0 Å². The number of rotatable bonds is 1. The molecule has 2 aromatic rings. The normalized spacial score (nSPS) is 10.3. The molecule has 76 valence electrons. The van der Waals surface area contributed by atoms with Gasteiger partial charge in [0.15, 0.2) is 0 Å². The highest BCUT2D eigenvalue weighted by Gasteiger charge is 2.01. The zero-order valence-electron chi connectivity index (χ0n) is 8.86. The summed E-state index contributed by atoms with van der Waals surface area (Å²) in [6.07, 6.45) is 3.27. The minimum atomic E-state index is 0.447. The second kappa shape index (κ2) is 3.69. The van der Waals surface area contributed by atoms with E-state index in [1.54, 1.807) is 12.4 Å². The van der Waals surface area contributed by atoms with Gasteiger partial charge in [0.2, 0.25) is 0 Å². The summed E-state index contributed by atoms with van der Waals surface area (Å²) in [6.45, 7) is 4.14. The fourth-order valence-corrected chi connectivity index (χ4v) is 1.61. The quantitative estimate of drug-likeness (QED) is 0.767. The number of nitrogen functional groups attached to an aromatic ring is 1. The highest BCUT2D eigenvalue weighted by Crippen LogP contribution is 2.19. The Balaban J connectivity index is 2.49. The number of nitrogens with two attached hydrogens (primary N) is 1. The second-order valence-corrected chi connectivity index (χ2v) is 3.70. The summed E-state index contributed by atoms with van der Waals surface area (Å²) in [5.41, 5.74) is 9.88. The van der Waals surface area contributed by atoms with Gasteiger partial charge in [-0.25, -0.2) is 4.98 Å². The average molecular weight is 199 g/mol. The van der Waals surface area contributed by atoms with E-state index >= 15 is 0 Å². The van der Waals surface area contributed by atoms with Crippen molar-refractivity contribution in [3.05, 3.63) is 41.7 Å². The third kappa shape index (κ3) is 2.13. The van der Waals surface area contributed by atoms with E-state index in [4.69, 9.17) is 5.73 Å². The molecule has 2 N–H and O–H groups in total. The smallest absolute Gasteiger partial charge is 0.141 e. The largest absolute Gasteiger partial charge is 0.382 e. The van der Waals surface area contributed by atoms with Crippen LogP contribution in [-0.2, 0) is 0 Å². The number of nitrogens with zero attached hydrogens (tertiary/aromatic N) is 2. The monoisotopic (exact) mass is 199 g/mol. The predicted octanol–water partition coefficient (Wildman–Crippen LogP) is 2.34. The van der Waals surface area contributed by atoms with E-state index < -0.39 is 0 Å². The maximum atomic E-state index is 5.49. The summed E-state index contributed by atoms with van der Waals surface area (Å²) < 4.78 is 0. The van der Waals surface area contributed by atoms with E-state index in [0.717, 1.165) is 11.3 Å². The molecule has 0 aliphatic carbocycles.